The fourth-order valence-corrected chi connectivity index (χ4v) is 5.37. The third kappa shape index (κ3) is 8.07. The number of carbonyl (C=O) groups is 2. The zero-order valence-corrected chi connectivity index (χ0v) is 25.1. The van der Waals surface area contributed by atoms with Crippen molar-refractivity contribution in [1.82, 2.24) is 20.0 Å². The predicted molar refractivity (Wildman–Crippen MR) is 164 cm³/mol. The number of piperidine rings is 1. The highest BCUT2D eigenvalue weighted by atomic mass is 19.3. The van der Waals surface area contributed by atoms with E-state index in [9.17, 15) is 18.4 Å². The van der Waals surface area contributed by atoms with Crippen LogP contribution in [-0.4, -0.2) is 60.1 Å². The Hall–Kier alpha value is -3.97. The van der Waals surface area contributed by atoms with Crippen LogP contribution in [0.3, 0.4) is 0 Å². The molecule has 1 saturated heterocycles. The van der Waals surface area contributed by atoms with Crippen LogP contribution in [0.4, 0.5) is 20.3 Å². The van der Waals surface area contributed by atoms with Crippen LogP contribution in [0.2, 0.25) is 0 Å². The molecule has 1 fully saturated rings. The van der Waals surface area contributed by atoms with E-state index >= 15 is 0 Å². The molecule has 1 aliphatic rings. The molecule has 0 saturated carbocycles. The van der Waals surface area contributed by atoms with Crippen molar-refractivity contribution in [3.05, 3.63) is 64.5 Å². The highest BCUT2D eigenvalue weighted by molar-refractivity contribution is 5.74. The number of anilines is 2. The SMILES string of the molecule is C=C(/C=C(\C)N(CC)c1nn(C2CCN(CC#Cc3cccc(NC=O)c3C)CC2)c(CCC)c1CNC=O)C(F)F. The van der Waals surface area contributed by atoms with Crippen molar-refractivity contribution in [3.8, 4) is 11.8 Å². The molecule has 2 aromatic rings. The first-order chi connectivity index (χ1) is 20.2. The van der Waals surface area contributed by atoms with E-state index in [1.165, 1.54) is 6.08 Å². The first kappa shape index (κ1) is 32.5. The molecule has 1 aromatic heterocycles. The van der Waals surface area contributed by atoms with Gasteiger partial charge in [0.1, 0.15) is 0 Å². The van der Waals surface area contributed by atoms with Crippen LogP contribution < -0.4 is 15.5 Å². The van der Waals surface area contributed by atoms with Gasteiger partial charge in [-0.3, -0.25) is 19.2 Å². The standard InChI is InChI=1S/C32H42F2N6O2/c1-6-10-30-28(20-35-21-41)32(39(7-2)24(4)19-23(3)31(33)34)37-40(30)27-14-17-38(18-15-27)16-9-12-26-11-8-13-29(25(26)5)36-22-42/h8,11,13,19,21-22,27,31H,3,6-7,10,14-18,20H2,1-2,4-5H3,(H,35,41)(H,36,42)/b24-19+. The summed E-state index contributed by atoms with van der Waals surface area (Å²) in [6.07, 6.45) is 3.58. The van der Waals surface area contributed by atoms with Crippen LogP contribution in [-0.2, 0) is 22.6 Å². The van der Waals surface area contributed by atoms with Crippen molar-refractivity contribution in [2.75, 3.05) is 36.4 Å². The van der Waals surface area contributed by atoms with Gasteiger partial charge >= 0.3 is 0 Å². The summed E-state index contributed by atoms with van der Waals surface area (Å²) in [4.78, 5) is 26.3. The predicted octanol–water partition coefficient (Wildman–Crippen LogP) is 5.20. The Bertz CT molecular complexity index is 1330. The molecule has 2 N–H and O–H groups in total. The van der Waals surface area contributed by atoms with Gasteiger partial charge in [0.2, 0.25) is 12.8 Å². The number of likely N-dealkylation sites (tertiary alicyclic amines) is 1. The summed E-state index contributed by atoms with van der Waals surface area (Å²) in [5.74, 6) is 7.21. The second kappa shape index (κ2) is 15.9. The van der Waals surface area contributed by atoms with Gasteiger partial charge in [0.15, 0.2) is 5.82 Å². The number of hydrogen-bond donors (Lipinski definition) is 2. The summed E-state index contributed by atoms with van der Waals surface area (Å²) >= 11 is 0. The zero-order valence-electron chi connectivity index (χ0n) is 25.1. The van der Waals surface area contributed by atoms with Crippen LogP contribution >= 0.6 is 0 Å². The lowest BCUT2D eigenvalue weighted by atomic mass is 10.0. The summed E-state index contributed by atoms with van der Waals surface area (Å²) in [5.41, 5.74) is 4.95. The maximum Gasteiger partial charge on any atom is 0.263 e. The smallest absolute Gasteiger partial charge is 0.263 e. The fraction of sp³-hybridized carbons (Fsp3) is 0.469. The Morgan fingerprint density at radius 3 is 2.60 bits per heavy atom. The van der Waals surface area contributed by atoms with Gasteiger partial charge < -0.3 is 15.5 Å². The number of rotatable bonds is 14. The van der Waals surface area contributed by atoms with Gasteiger partial charge in [-0.05, 0) is 63.8 Å². The Labute approximate surface area is 247 Å². The number of nitrogens with one attached hydrogen (secondary N) is 2. The topological polar surface area (TPSA) is 82.5 Å². The monoisotopic (exact) mass is 580 g/mol. The lowest BCUT2D eigenvalue weighted by molar-refractivity contribution is -0.109. The summed E-state index contributed by atoms with van der Waals surface area (Å²) in [6, 6.07) is 5.86. The van der Waals surface area contributed by atoms with Crippen molar-refractivity contribution in [2.24, 2.45) is 0 Å². The number of amides is 2. The molecule has 226 valence electrons. The summed E-state index contributed by atoms with van der Waals surface area (Å²) in [7, 11) is 0. The van der Waals surface area contributed by atoms with Gasteiger partial charge in [-0.25, -0.2) is 8.78 Å². The number of hydrogen-bond acceptors (Lipinski definition) is 5. The fourth-order valence-electron chi connectivity index (χ4n) is 5.37. The molecule has 2 amide bonds. The van der Waals surface area contributed by atoms with E-state index in [4.69, 9.17) is 5.10 Å². The van der Waals surface area contributed by atoms with E-state index in [0.717, 1.165) is 66.8 Å². The van der Waals surface area contributed by atoms with E-state index in [1.54, 1.807) is 6.92 Å². The summed E-state index contributed by atoms with van der Waals surface area (Å²) in [6.45, 7) is 14.5. The molecule has 0 spiro atoms. The number of aromatic nitrogens is 2. The summed E-state index contributed by atoms with van der Waals surface area (Å²) in [5, 5.41) is 10.6. The van der Waals surface area contributed by atoms with E-state index in [1.807, 2.05) is 36.9 Å². The summed E-state index contributed by atoms with van der Waals surface area (Å²) < 4.78 is 28.5. The average molecular weight is 581 g/mol. The normalized spacial score (nSPS) is 14.3. The lowest BCUT2D eigenvalue weighted by Gasteiger charge is -2.31. The Morgan fingerprint density at radius 2 is 1.98 bits per heavy atom. The Balaban J connectivity index is 1.82. The van der Waals surface area contributed by atoms with Crippen molar-refractivity contribution < 1.29 is 18.4 Å². The zero-order chi connectivity index (χ0) is 30.6. The molecule has 0 atom stereocenters. The Morgan fingerprint density at radius 1 is 1.24 bits per heavy atom. The molecular formula is C32H42F2N6O2. The van der Waals surface area contributed by atoms with Gasteiger partial charge in [-0.1, -0.05) is 37.8 Å². The van der Waals surface area contributed by atoms with Crippen molar-refractivity contribution >= 4 is 24.3 Å². The first-order valence-corrected chi connectivity index (χ1v) is 14.5. The number of carbonyl (C=O) groups excluding carboxylic acids is 2. The molecule has 42 heavy (non-hydrogen) atoms. The minimum atomic E-state index is -2.63. The third-order valence-electron chi connectivity index (χ3n) is 7.60. The molecule has 0 bridgehead atoms. The third-order valence-corrected chi connectivity index (χ3v) is 7.60. The quantitative estimate of drug-likeness (QED) is 0.182. The molecule has 1 aromatic carbocycles. The van der Waals surface area contributed by atoms with Crippen LogP contribution in [0.5, 0.6) is 0 Å². The Kier molecular flexibility index (Phi) is 12.3. The second-order valence-electron chi connectivity index (χ2n) is 10.4. The van der Waals surface area contributed by atoms with Gasteiger partial charge in [-0.2, -0.15) is 5.10 Å². The molecule has 0 aliphatic carbocycles. The van der Waals surface area contributed by atoms with E-state index < -0.39 is 6.43 Å². The van der Waals surface area contributed by atoms with Crippen molar-refractivity contribution in [1.29, 1.82) is 0 Å². The number of alkyl halides is 2. The van der Waals surface area contributed by atoms with Gasteiger partial charge in [0.05, 0.1) is 12.6 Å². The van der Waals surface area contributed by atoms with E-state index in [2.05, 4.69) is 45.6 Å². The molecule has 3 rings (SSSR count). The van der Waals surface area contributed by atoms with Crippen molar-refractivity contribution in [2.45, 2.75) is 72.4 Å². The van der Waals surface area contributed by atoms with Crippen LogP contribution in [0.25, 0.3) is 0 Å². The molecule has 8 nitrogen and oxygen atoms in total. The van der Waals surface area contributed by atoms with Gasteiger partial charge in [0, 0.05) is 60.0 Å². The van der Waals surface area contributed by atoms with E-state index in [0.29, 0.717) is 44.0 Å². The molecule has 1 aliphatic heterocycles. The average Bonchev–Trinajstić information content (AvgIpc) is 3.32. The number of halogens is 2. The van der Waals surface area contributed by atoms with Crippen molar-refractivity contribution in [3.63, 3.8) is 0 Å². The highest BCUT2D eigenvalue weighted by Crippen LogP contribution is 2.33. The first-order valence-electron chi connectivity index (χ1n) is 14.5. The van der Waals surface area contributed by atoms with Crippen LogP contribution in [0, 0.1) is 18.8 Å². The second-order valence-corrected chi connectivity index (χ2v) is 10.4. The van der Waals surface area contributed by atoms with Gasteiger partial charge in [-0.15, -0.1) is 0 Å². The van der Waals surface area contributed by atoms with Crippen LogP contribution in [0.1, 0.15) is 68.5 Å². The highest BCUT2D eigenvalue weighted by Gasteiger charge is 2.28. The number of nitrogens with zero attached hydrogens (tertiary/aromatic N) is 4. The maximum absolute atomic E-state index is 13.2. The largest absolute Gasteiger partial charge is 0.354 e. The van der Waals surface area contributed by atoms with E-state index in [-0.39, 0.29) is 11.6 Å². The molecule has 10 heteroatoms. The molecule has 0 unspecified atom stereocenters. The molecule has 2 heterocycles. The number of allylic oxidation sites excluding steroid dienone is 3. The molecular weight excluding hydrogens is 538 g/mol. The van der Waals surface area contributed by atoms with Gasteiger partial charge in [0.25, 0.3) is 6.43 Å². The maximum atomic E-state index is 13.2. The lowest BCUT2D eigenvalue weighted by Crippen LogP contribution is -2.35. The van der Waals surface area contributed by atoms with Crippen LogP contribution in [0.15, 0.2) is 42.1 Å². The molecule has 0 radical (unpaired) electrons. The number of benzene rings is 1. The minimum absolute atomic E-state index is 0.173. The minimum Gasteiger partial charge on any atom is -0.354 e.